The molecule has 0 heterocycles. The lowest BCUT2D eigenvalue weighted by Gasteiger charge is -2.15. The van der Waals surface area contributed by atoms with Crippen molar-refractivity contribution in [3.63, 3.8) is 0 Å². The van der Waals surface area contributed by atoms with E-state index in [0.29, 0.717) is 11.6 Å². The number of nitrogens with zero attached hydrogens (tertiary/aromatic N) is 1. The van der Waals surface area contributed by atoms with Gasteiger partial charge in [0.1, 0.15) is 5.75 Å². The van der Waals surface area contributed by atoms with E-state index in [-0.39, 0.29) is 5.84 Å². The first-order chi connectivity index (χ1) is 10.2. The topological polar surface area (TPSA) is 79.9 Å². The van der Waals surface area contributed by atoms with Gasteiger partial charge in [-0.1, -0.05) is 5.16 Å². The molecule has 0 saturated heterocycles. The van der Waals surface area contributed by atoms with Crippen molar-refractivity contribution in [3.05, 3.63) is 29.3 Å². The third-order valence-corrected chi connectivity index (χ3v) is 5.08. The second-order valence-corrected chi connectivity index (χ2v) is 6.40. The van der Waals surface area contributed by atoms with Crippen LogP contribution in [0.15, 0.2) is 23.4 Å². The van der Waals surface area contributed by atoms with E-state index in [1.807, 2.05) is 23.9 Å². The number of hydrogen-bond donors (Lipinski definition) is 3. The van der Waals surface area contributed by atoms with Gasteiger partial charge in [-0.15, -0.1) is 0 Å². The molecule has 1 fully saturated rings. The molecule has 2 atom stereocenters. The summed E-state index contributed by atoms with van der Waals surface area (Å²) in [4.78, 5) is 0. The molecule has 2 unspecified atom stereocenters. The predicted molar refractivity (Wildman–Crippen MR) is 87.3 cm³/mol. The van der Waals surface area contributed by atoms with Crippen molar-refractivity contribution in [3.8, 4) is 5.75 Å². The number of ether oxygens (including phenoxy) is 1. The Morgan fingerprint density at radius 2 is 2.33 bits per heavy atom. The van der Waals surface area contributed by atoms with Crippen molar-refractivity contribution < 1.29 is 9.94 Å². The quantitative estimate of drug-likeness (QED) is 0.325. The number of nitrogens with two attached hydrogens (primary N) is 1. The van der Waals surface area contributed by atoms with Crippen LogP contribution in [0.3, 0.4) is 0 Å². The lowest BCUT2D eigenvalue weighted by Crippen LogP contribution is -2.26. The van der Waals surface area contributed by atoms with Crippen molar-refractivity contribution in [1.82, 2.24) is 5.32 Å². The zero-order valence-corrected chi connectivity index (χ0v) is 13.3. The van der Waals surface area contributed by atoms with E-state index in [1.165, 1.54) is 19.3 Å². The molecule has 0 spiro atoms. The van der Waals surface area contributed by atoms with Gasteiger partial charge in [-0.2, -0.15) is 11.8 Å². The van der Waals surface area contributed by atoms with Gasteiger partial charge in [0.2, 0.25) is 0 Å². The zero-order chi connectivity index (χ0) is 15.2. The molecule has 0 bridgehead atoms. The van der Waals surface area contributed by atoms with Gasteiger partial charge in [-0.3, -0.25) is 0 Å². The number of amidine groups is 1. The van der Waals surface area contributed by atoms with Crippen molar-refractivity contribution in [2.45, 2.75) is 37.1 Å². The molecule has 4 N–H and O–H groups in total. The minimum Gasteiger partial charge on any atom is -0.496 e. The van der Waals surface area contributed by atoms with Crippen LogP contribution < -0.4 is 15.8 Å². The maximum Gasteiger partial charge on any atom is 0.170 e. The number of oxime groups is 1. The average Bonchev–Trinajstić information content (AvgIpc) is 2.99. The molecule has 116 valence electrons. The fourth-order valence-corrected chi connectivity index (χ4v) is 3.52. The molecule has 0 aromatic heterocycles. The molecule has 1 aromatic carbocycles. The number of benzene rings is 1. The van der Waals surface area contributed by atoms with Gasteiger partial charge < -0.3 is 21.0 Å². The Morgan fingerprint density at radius 1 is 1.52 bits per heavy atom. The number of nitrogens with one attached hydrogen (secondary N) is 1. The molecule has 1 aliphatic carbocycles. The second-order valence-electron chi connectivity index (χ2n) is 5.26. The normalized spacial score (nSPS) is 22.5. The molecule has 5 nitrogen and oxygen atoms in total. The molecule has 1 aliphatic rings. The van der Waals surface area contributed by atoms with Gasteiger partial charge in [0.05, 0.1) is 7.11 Å². The Kier molecular flexibility index (Phi) is 5.76. The molecule has 21 heavy (non-hydrogen) atoms. The van der Waals surface area contributed by atoms with Gasteiger partial charge in [-0.25, -0.2) is 0 Å². The molecular formula is C15H23N3O2S. The molecular weight excluding hydrogens is 286 g/mol. The van der Waals surface area contributed by atoms with Crippen LogP contribution in [0.5, 0.6) is 5.75 Å². The summed E-state index contributed by atoms with van der Waals surface area (Å²) in [7, 11) is 1.65. The van der Waals surface area contributed by atoms with Gasteiger partial charge in [0.15, 0.2) is 5.84 Å². The van der Waals surface area contributed by atoms with Crippen LogP contribution in [0.1, 0.15) is 30.4 Å². The molecule has 6 heteroatoms. The van der Waals surface area contributed by atoms with Crippen LogP contribution in [0.2, 0.25) is 0 Å². The average molecular weight is 309 g/mol. The zero-order valence-electron chi connectivity index (χ0n) is 12.5. The summed E-state index contributed by atoms with van der Waals surface area (Å²) in [5.74, 6) is 0.929. The number of thioether (sulfide) groups is 1. The summed E-state index contributed by atoms with van der Waals surface area (Å²) in [5.41, 5.74) is 7.37. The standard InChI is InChI=1S/C15H23N3O2S/c1-20-14-6-3-10(15(16)18-19)7-11(14)9-17-12-4-5-13(8-12)21-2/h3,6-7,12-13,17,19H,4-5,8-9H2,1-2H3,(H2,16,18). The van der Waals surface area contributed by atoms with Crippen molar-refractivity contribution >= 4 is 17.6 Å². The molecule has 1 saturated carbocycles. The smallest absolute Gasteiger partial charge is 0.170 e. The molecule has 2 rings (SSSR count). The third-order valence-electron chi connectivity index (χ3n) is 3.98. The number of hydrogen-bond acceptors (Lipinski definition) is 5. The first kappa shape index (κ1) is 16.0. The summed E-state index contributed by atoms with van der Waals surface area (Å²) in [5, 5.41) is 16.2. The first-order valence-corrected chi connectivity index (χ1v) is 8.37. The fraction of sp³-hybridized carbons (Fsp3) is 0.533. The van der Waals surface area contributed by atoms with Crippen molar-refractivity contribution in [2.75, 3.05) is 13.4 Å². The van der Waals surface area contributed by atoms with Crippen LogP contribution in [-0.2, 0) is 6.54 Å². The highest BCUT2D eigenvalue weighted by Crippen LogP contribution is 2.29. The Bertz CT molecular complexity index is 508. The van der Waals surface area contributed by atoms with Crippen LogP contribution in [0.4, 0.5) is 0 Å². The minimum absolute atomic E-state index is 0.113. The van der Waals surface area contributed by atoms with Crippen LogP contribution in [-0.4, -0.2) is 35.7 Å². The SMILES string of the molecule is COc1ccc(/C(N)=N/O)cc1CNC1CCC(SC)C1. The Hall–Kier alpha value is -1.40. The third kappa shape index (κ3) is 4.04. The maximum atomic E-state index is 8.78. The molecule has 0 aliphatic heterocycles. The highest BCUT2D eigenvalue weighted by Gasteiger charge is 2.23. The molecule has 0 amide bonds. The van der Waals surface area contributed by atoms with E-state index in [0.717, 1.165) is 23.1 Å². The van der Waals surface area contributed by atoms with Gasteiger partial charge >= 0.3 is 0 Å². The van der Waals surface area contributed by atoms with E-state index < -0.39 is 0 Å². The van der Waals surface area contributed by atoms with E-state index in [4.69, 9.17) is 15.7 Å². The fourth-order valence-electron chi connectivity index (χ4n) is 2.73. The lowest BCUT2D eigenvalue weighted by atomic mass is 10.1. The Labute approximate surface area is 129 Å². The van der Waals surface area contributed by atoms with Gasteiger partial charge in [-0.05, 0) is 43.7 Å². The summed E-state index contributed by atoms with van der Waals surface area (Å²) in [6.45, 7) is 0.724. The second kappa shape index (κ2) is 7.56. The van der Waals surface area contributed by atoms with E-state index >= 15 is 0 Å². The summed E-state index contributed by atoms with van der Waals surface area (Å²) in [6, 6.07) is 6.10. The molecule has 1 aromatic rings. The largest absolute Gasteiger partial charge is 0.496 e. The van der Waals surface area contributed by atoms with Crippen molar-refractivity contribution in [2.24, 2.45) is 10.9 Å². The summed E-state index contributed by atoms with van der Waals surface area (Å²) >= 11 is 1.95. The van der Waals surface area contributed by atoms with Gasteiger partial charge in [0, 0.05) is 29.0 Å². The lowest BCUT2D eigenvalue weighted by molar-refractivity contribution is 0.318. The minimum atomic E-state index is 0.113. The maximum absolute atomic E-state index is 8.78. The van der Waals surface area contributed by atoms with Gasteiger partial charge in [0.25, 0.3) is 0 Å². The highest BCUT2D eigenvalue weighted by atomic mass is 32.2. The number of methoxy groups -OCH3 is 1. The Morgan fingerprint density at radius 3 is 2.95 bits per heavy atom. The summed E-state index contributed by atoms with van der Waals surface area (Å²) in [6.07, 6.45) is 5.88. The van der Waals surface area contributed by atoms with Crippen molar-refractivity contribution in [1.29, 1.82) is 0 Å². The highest BCUT2D eigenvalue weighted by molar-refractivity contribution is 7.99. The van der Waals surface area contributed by atoms with E-state index in [9.17, 15) is 0 Å². The number of rotatable bonds is 6. The predicted octanol–water partition coefficient (Wildman–Crippen LogP) is 2.16. The van der Waals surface area contributed by atoms with E-state index in [1.54, 1.807) is 13.2 Å². The van der Waals surface area contributed by atoms with Crippen LogP contribution in [0.25, 0.3) is 0 Å². The molecule has 0 radical (unpaired) electrons. The van der Waals surface area contributed by atoms with Crippen LogP contribution >= 0.6 is 11.8 Å². The van der Waals surface area contributed by atoms with Crippen LogP contribution in [0, 0.1) is 0 Å². The Balaban J connectivity index is 2.04. The monoisotopic (exact) mass is 309 g/mol. The summed E-state index contributed by atoms with van der Waals surface area (Å²) < 4.78 is 5.38. The van der Waals surface area contributed by atoms with E-state index in [2.05, 4.69) is 16.7 Å². The first-order valence-electron chi connectivity index (χ1n) is 7.09.